The number of anilines is 2. The van der Waals surface area contributed by atoms with Crippen LogP contribution in [-0.2, 0) is 10.0 Å². The third-order valence-corrected chi connectivity index (χ3v) is 6.87. The molecule has 0 spiro atoms. The first kappa shape index (κ1) is 20.6. The highest BCUT2D eigenvalue weighted by molar-refractivity contribution is 7.92. The fourth-order valence-electron chi connectivity index (χ4n) is 3.24. The number of fused-ring (bicyclic) bond motifs is 1. The Hall–Kier alpha value is -3.71. The van der Waals surface area contributed by atoms with Crippen molar-refractivity contribution in [3.8, 4) is 0 Å². The normalized spacial score (nSPS) is 11.3. The lowest BCUT2D eigenvalue weighted by Crippen LogP contribution is -2.26. The molecular formula is C24H21N3O3S. The maximum absolute atomic E-state index is 12.9. The first-order valence-corrected chi connectivity index (χ1v) is 11.1. The van der Waals surface area contributed by atoms with E-state index in [9.17, 15) is 13.2 Å². The summed E-state index contributed by atoms with van der Waals surface area (Å²) in [5.41, 5.74) is 3.33. The molecule has 0 bridgehead atoms. The van der Waals surface area contributed by atoms with Crippen molar-refractivity contribution in [2.24, 2.45) is 0 Å². The second-order valence-electron chi connectivity index (χ2n) is 7.16. The van der Waals surface area contributed by atoms with Crippen LogP contribution in [0.15, 0.2) is 90.0 Å². The van der Waals surface area contributed by atoms with Crippen molar-refractivity contribution >= 4 is 38.2 Å². The predicted octanol–water partition coefficient (Wildman–Crippen LogP) is 4.62. The lowest BCUT2D eigenvalue weighted by Gasteiger charge is -2.20. The molecule has 0 unspecified atom stereocenters. The monoisotopic (exact) mass is 431 g/mol. The average molecular weight is 432 g/mol. The molecule has 0 aliphatic heterocycles. The molecule has 1 N–H and O–H groups in total. The lowest BCUT2D eigenvalue weighted by molar-refractivity contribution is 0.102. The molecule has 0 atom stereocenters. The second-order valence-corrected chi connectivity index (χ2v) is 9.13. The maximum Gasteiger partial charge on any atom is 0.264 e. The third kappa shape index (κ3) is 4.13. The van der Waals surface area contributed by atoms with Crippen LogP contribution in [0, 0.1) is 6.92 Å². The Labute approximate surface area is 181 Å². The number of nitrogens with one attached hydrogen (secondary N) is 1. The van der Waals surface area contributed by atoms with Gasteiger partial charge in [-0.05, 0) is 67.6 Å². The molecule has 1 aromatic heterocycles. The highest BCUT2D eigenvalue weighted by Gasteiger charge is 2.21. The number of sulfonamides is 1. The zero-order valence-electron chi connectivity index (χ0n) is 17.1. The number of carbonyl (C=O) groups is 1. The van der Waals surface area contributed by atoms with Crippen LogP contribution in [0.4, 0.5) is 11.4 Å². The van der Waals surface area contributed by atoms with E-state index < -0.39 is 10.0 Å². The molecular weight excluding hydrogens is 410 g/mol. The number of aryl methyl sites for hydroxylation is 1. The fraction of sp³-hybridized carbons (Fsp3) is 0.0833. The summed E-state index contributed by atoms with van der Waals surface area (Å²) in [5, 5.41) is 3.75. The van der Waals surface area contributed by atoms with E-state index >= 15 is 0 Å². The number of benzene rings is 3. The molecule has 6 nitrogen and oxygen atoms in total. The Morgan fingerprint density at radius 1 is 0.903 bits per heavy atom. The molecule has 1 heterocycles. The number of rotatable bonds is 5. The lowest BCUT2D eigenvalue weighted by atomic mass is 10.1. The number of hydrogen-bond donors (Lipinski definition) is 1. The smallest absolute Gasteiger partial charge is 0.264 e. The molecule has 0 saturated heterocycles. The van der Waals surface area contributed by atoms with Crippen LogP contribution in [0.1, 0.15) is 15.9 Å². The van der Waals surface area contributed by atoms with Gasteiger partial charge in [0.15, 0.2) is 0 Å². The molecule has 156 valence electrons. The Morgan fingerprint density at radius 2 is 1.61 bits per heavy atom. The summed E-state index contributed by atoms with van der Waals surface area (Å²) in [6, 6.07) is 22.4. The standard InChI is InChI=1S/C24H21N3O3S/c1-17-8-14-20(15-9-17)31(29,30)27(2)19-12-10-18(11-13-19)24(28)26-23-7-3-6-22-21(23)5-4-16-25-22/h3-16H,1-2H3,(H,26,28). The SMILES string of the molecule is Cc1ccc(S(=O)(=O)N(C)c2ccc(C(=O)Nc3cccc4ncccc34)cc2)cc1. The van der Waals surface area contributed by atoms with Crippen LogP contribution < -0.4 is 9.62 Å². The highest BCUT2D eigenvalue weighted by Crippen LogP contribution is 2.24. The second kappa shape index (κ2) is 8.20. The molecule has 0 saturated carbocycles. The van der Waals surface area contributed by atoms with Crippen LogP contribution in [0.25, 0.3) is 10.9 Å². The molecule has 7 heteroatoms. The summed E-state index contributed by atoms with van der Waals surface area (Å²) < 4.78 is 26.9. The van der Waals surface area contributed by atoms with E-state index in [1.807, 2.05) is 37.3 Å². The van der Waals surface area contributed by atoms with Crippen molar-refractivity contribution in [1.82, 2.24) is 4.98 Å². The van der Waals surface area contributed by atoms with Crippen molar-refractivity contribution < 1.29 is 13.2 Å². The van der Waals surface area contributed by atoms with Crippen LogP contribution in [0.3, 0.4) is 0 Å². The van der Waals surface area contributed by atoms with Gasteiger partial charge in [0, 0.05) is 24.2 Å². The number of hydrogen-bond acceptors (Lipinski definition) is 4. The van der Waals surface area contributed by atoms with Crippen molar-refractivity contribution in [2.45, 2.75) is 11.8 Å². The van der Waals surface area contributed by atoms with Gasteiger partial charge in [0.1, 0.15) is 0 Å². The molecule has 0 aliphatic carbocycles. The summed E-state index contributed by atoms with van der Waals surface area (Å²) in [4.78, 5) is 17.2. The molecule has 4 rings (SSSR count). The van der Waals surface area contributed by atoms with Crippen molar-refractivity contribution in [2.75, 3.05) is 16.7 Å². The van der Waals surface area contributed by atoms with Gasteiger partial charge in [0.2, 0.25) is 0 Å². The van der Waals surface area contributed by atoms with E-state index in [4.69, 9.17) is 0 Å². The minimum Gasteiger partial charge on any atom is -0.321 e. The van der Waals surface area contributed by atoms with Gasteiger partial charge in [-0.3, -0.25) is 14.1 Å². The summed E-state index contributed by atoms with van der Waals surface area (Å²) in [5.74, 6) is -0.285. The van der Waals surface area contributed by atoms with Crippen LogP contribution >= 0.6 is 0 Å². The minimum atomic E-state index is -3.69. The molecule has 1 amide bonds. The van der Waals surface area contributed by atoms with E-state index in [0.29, 0.717) is 16.9 Å². The summed E-state index contributed by atoms with van der Waals surface area (Å²) in [7, 11) is -2.20. The number of amides is 1. The molecule has 0 radical (unpaired) electrons. The number of carbonyl (C=O) groups excluding carboxylic acids is 1. The Bertz CT molecular complexity index is 1340. The maximum atomic E-state index is 12.9. The predicted molar refractivity (Wildman–Crippen MR) is 123 cm³/mol. The molecule has 0 aliphatic rings. The fourth-order valence-corrected chi connectivity index (χ4v) is 4.43. The van der Waals surface area contributed by atoms with Gasteiger partial charge in [-0.25, -0.2) is 8.42 Å². The zero-order valence-corrected chi connectivity index (χ0v) is 17.9. The zero-order chi connectivity index (χ0) is 22.0. The van der Waals surface area contributed by atoms with Gasteiger partial charge >= 0.3 is 0 Å². The van der Waals surface area contributed by atoms with E-state index in [-0.39, 0.29) is 10.8 Å². The van der Waals surface area contributed by atoms with Gasteiger partial charge in [-0.15, -0.1) is 0 Å². The summed E-state index contributed by atoms with van der Waals surface area (Å²) in [6.45, 7) is 1.90. The first-order chi connectivity index (χ1) is 14.9. The average Bonchev–Trinajstić information content (AvgIpc) is 2.79. The summed E-state index contributed by atoms with van der Waals surface area (Å²) in [6.07, 6.45) is 1.70. The molecule has 0 fully saturated rings. The van der Waals surface area contributed by atoms with E-state index in [1.165, 1.54) is 11.4 Å². The van der Waals surface area contributed by atoms with Gasteiger partial charge in [0.05, 0.1) is 21.8 Å². The van der Waals surface area contributed by atoms with Crippen molar-refractivity contribution in [1.29, 1.82) is 0 Å². The van der Waals surface area contributed by atoms with Gasteiger partial charge < -0.3 is 5.32 Å². The van der Waals surface area contributed by atoms with Gasteiger partial charge in [-0.2, -0.15) is 0 Å². The van der Waals surface area contributed by atoms with Crippen LogP contribution in [-0.4, -0.2) is 26.4 Å². The van der Waals surface area contributed by atoms with Crippen LogP contribution in [0.2, 0.25) is 0 Å². The number of nitrogens with zero attached hydrogens (tertiary/aromatic N) is 2. The molecule has 4 aromatic rings. The van der Waals surface area contributed by atoms with Crippen molar-refractivity contribution in [3.05, 3.63) is 96.2 Å². The Kier molecular flexibility index (Phi) is 5.44. The van der Waals surface area contributed by atoms with Crippen molar-refractivity contribution in [3.63, 3.8) is 0 Å². The Morgan fingerprint density at radius 3 is 2.32 bits per heavy atom. The van der Waals surface area contributed by atoms with E-state index in [1.54, 1.807) is 54.7 Å². The van der Waals surface area contributed by atoms with Gasteiger partial charge in [0.25, 0.3) is 15.9 Å². The van der Waals surface area contributed by atoms with E-state index in [0.717, 1.165) is 16.5 Å². The largest absolute Gasteiger partial charge is 0.321 e. The number of pyridine rings is 1. The third-order valence-electron chi connectivity index (χ3n) is 5.07. The van der Waals surface area contributed by atoms with Crippen LogP contribution in [0.5, 0.6) is 0 Å². The summed E-state index contributed by atoms with van der Waals surface area (Å²) >= 11 is 0. The quantitative estimate of drug-likeness (QED) is 0.500. The van der Waals surface area contributed by atoms with Gasteiger partial charge in [-0.1, -0.05) is 23.8 Å². The Balaban J connectivity index is 1.55. The topological polar surface area (TPSA) is 79.4 Å². The first-order valence-electron chi connectivity index (χ1n) is 9.67. The molecule has 3 aromatic carbocycles. The minimum absolute atomic E-state index is 0.215. The highest BCUT2D eigenvalue weighted by atomic mass is 32.2. The van der Waals surface area contributed by atoms with E-state index in [2.05, 4.69) is 10.3 Å². The number of aromatic nitrogens is 1. The molecule has 31 heavy (non-hydrogen) atoms.